The fourth-order valence-electron chi connectivity index (χ4n) is 0.520. The van der Waals surface area contributed by atoms with E-state index < -0.39 is 16.1 Å². The van der Waals surface area contributed by atoms with Gasteiger partial charge in [0.15, 0.2) is 4.21 Å². The van der Waals surface area contributed by atoms with Gasteiger partial charge in [-0.25, -0.2) is 17.9 Å². The summed E-state index contributed by atoms with van der Waals surface area (Å²) in [4.78, 5) is 13.8. The number of hydrogen-bond acceptors (Lipinski definition) is 5. The quantitative estimate of drug-likeness (QED) is 0.682. The number of rotatable bonds is 2. The predicted octanol–water partition coefficient (Wildman–Crippen LogP) is -0.500. The van der Waals surface area contributed by atoms with Crippen molar-refractivity contribution < 1.29 is 13.2 Å². The second kappa shape index (κ2) is 3.07. The number of nitrogens with two attached hydrogens (primary N) is 1. The maximum Gasteiger partial charge on any atom is 0.326 e. The highest BCUT2D eigenvalue weighted by Crippen LogP contribution is 2.12. The summed E-state index contributed by atoms with van der Waals surface area (Å²) in [6, 6.07) is -1.11. The molecule has 2 amide bonds. The number of nitrogens with zero attached hydrogens (tertiary/aromatic N) is 1. The third kappa shape index (κ3) is 1.92. The van der Waals surface area contributed by atoms with Crippen molar-refractivity contribution in [2.24, 2.45) is 5.73 Å². The second-order valence-corrected chi connectivity index (χ2v) is 4.59. The van der Waals surface area contributed by atoms with Crippen LogP contribution in [0.2, 0.25) is 0 Å². The molecule has 0 aromatic carbocycles. The molecular weight excluding hydrogens is 202 g/mol. The molecule has 3 N–H and O–H groups in total. The van der Waals surface area contributed by atoms with E-state index in [1.54, 1.807) is 4.72 Å². The zero-order valence-electron chi connectivity index (χ0n) is 5.72. The summed E-state index contributed by atoms with van der Waals surface area (Å²) in [5.41, 5.74) is 5.98. The Morgan fingerprint density at radius 2 is 2.33 bits per heavy atom. The van der Waals surface area contributed by atoms with E-state index in [1.165, 1.54) is 5.51 Å². The Morgan fingerprint density at radius 3 is 2.75 bits per heavy atom. The zero-order valence-corrected chi connectivity index (χ0v) is 7.35. The standard InChI is InChI=1S/C4H5N3O3S2/c5-4(8)7-12(9,10)3-1-6-2-11-3/h1-2H,(H3,5,7,8). The van der Waals surface area contributed by atoms with Gasteiger partial charge in [-0.1, -0.05) is 0 Å². The average Bonchev–Trinajstić information content (AvgIpc) is 2.32. The highest BCUT2D eigenvalue weighted by molar-refractivity contribution is 7.92. The van der Waals surface area contributed by atoms with E-state index in [2.05, 4.69) is 10.7 Å². The summed E-state index contributed by atoms with van der Waals surface area (Å²) in [6.07, 6.45) is 1.13. The van der Waals surface area contributed by atoms with Crippen LogP contribution in [0.15, 0.2) is 15.9 Å². The van der Waals surface area contributed by atoms with E-state index >= 15 is 0 Å². The molecule has 66 valence electrons. The van der Waals surface area contributed by atoms with Gasteiger partial charge in [0.25, 0.3) is 10.0 Å². The largest absolute Gasteiger partial charge is 0.351 e. The Morgan fingerprint density at radius 1 is 1.67 bits per heavy atom. The first-order chi connectivity index (χ1) is 5.52. The minimum Gasteiger partial charge on any atom is -0.351 e. The molecule has 0 aliphatic heterocycles. The van der Waals surface area contributed by atoms with E-state index in [1.807, 2.05) is 0 Å². The molecule has 1 heterocycles. The topological polar surface area (TPSA) is 102 Å². The number of carbonyl (C=O) groups is 1. The normalized spacial score (nSPS) is 11.0. The van der Waals surface area contributed by atoms with Gasteiger partial charge < -0.3 is 5.73 Å². The molecule has 1 aromatic rings. The summed E-state index contributed by atoms with van der Waals surface area (Å²) in [5, 5.41) is 0. The minimum atomic E-state index is -3.78. The Bertz CT molecular complexity index is 368. The van der Waals surface area contributed by atoms with Crippen molar-refractivity contribution in [1.29, 1.82) is 0 Å². The molecule has 12 heavy (non-hydrogen) atoms. The van der Waals surface area contributed by atoms with Crippen molar-refractivity contribution in [2.45, 2.75) is 4.21 Å². The van der Waals surface area contributed by atoms with Crippen LogP contribution < -0.4 is 10.5 Å². The highest BCUT2D eigenvalue weighted by atomic mass is 32.2. The van der Waals surface area contributed by atoms with Crippen molar-refractivity contribution in [3.63, 3.8) is 0 Å². The average molecular weight is 207 g/mol. The fraction of sp³-hybridized carbons (Fsp3) is 0. The maximum absolute atomic E-state index is 11.1. The van der Waals surface area contributed by atoms with Gasteiger partial charge >= 0.3 is 6.03 Å². The monoisotopic (exact) mass is 207 g/mol. The zero-order chi connectivity index (χ0) is 9.19. The van der Waals surface area contributed by atoms with Gasteiger partial charge in [0, 0.05) is 0 Å². The first-order valence-electron chi connectivity index (χ1n) is 2.73. The van der Waals surface area contributed by atoms with E-state index in [4.69, 9.17) is 0 Å². The molecule has 0 fully saturated rings. The van der Waals surface area contributed by atoms with Crippen molar-refractivity contribution >= 4 is 27.4 Å². The Hall–Kier alpha value is -1.15. The van der Waals surface area contributed by atoms with Crippen LogP contribution in [-0.4, -0.2) is 19.4 Å². The molecular formula is C4H5N3O3S2. The smallest absolute Gasteiger partial charge is 0.326 e. The van der Waals surface area contributed by atoms with Crippen molar-refractivity contribution in [3.8, 4) is 0 Å². The highest BCUT2D eigenvalue weighted by Gasteiger charge is 2.16. The van der Waals surface area contributed by atoms with Crippen molar-refractivity contribution in [1.82, 2.24) is 9.71 Å². The van der Waals surface area contributed by atoms with Gasteiger partial charge in [0.05, 0.1) is 11.7 Å². The van der Waals surface area contributed by atoms with Crippen LogP contribution in [0.5, 0.6) is 0 Å². The van der Waals surface area contributed by atoms with Crippen molar-refractivity contribution in [2.75, 3.05) is 0 Å². The lowest BCUT2D eigenvalue weighted by molar-refractivity contribution is 0.253. The Kier molecular flexibility index (Phi) is 2.29. The number of amides is 2. The lowest BCUT2D eigenvalue weighted by Gasteiger charge is -1.98. The third-order valence-corrected chi connectivity index (χ3v) is 3.53. The van der Waals surface area contributed by atoms with Gasteiger partial charge in [0.2, 0.25) is 0 Å². The van der Waals surface area contributed by atoms with Crippen LogP contribution in [0.3, 0.4) is 0 Å². The van der Waals surface area contributed by atoms with E-state index in [0.29, 0.717) is 0 Å². The molecule has 1 rings (SSSR count). The van der Waals surface area contributed by atoms with Gasteiger partial charge in [-0.3, -0.25) is 4.98 Å². The van der Waals surface area contributed by atoms with E-state index in [-0.39, 0.29) is 4.21 Å². The first-order valence-corrected chi connectivity index (χ1v) is 5.09. The molecule has 0 aliphatic rings. The number of hydrogen-bond donors (Lipinski definition) is 2. The number of aromatic nitrogens is 1. The first kappa shape index (κ1) is 8.94. The molecule has 0 radical (unpaired) electrons. The molecule has 0 unspecified atom stereocenters. The molecule has 0 atom stereocenters. The summed E-state index contributed by atoms with van der Waals surface area (Å²) >= 11 is 0.902. The van der Waals surface area contributed by atoms with Crippen LogP contribution in [0.25, 0.3) is 0 Å². The lowest BCUT2D eigenvalue weighted by atomic mass is 11.0. The van der Waals surface area contributed by atoms with Gasteiger partial charge in [-0.2, -0.15) is 0 Å². The lowest BCUT2D eigenvalue weighted by Crippen LogP contribution is -2.34. The van der Waals surface area contributed by atoms with Crippen LogP contribution in [0, 0.1) is 0 Å². The Labute approximate surface area is 72.5 Å². The van der Waals surface area contributed by atoms with Gasteiger partial charge in [-0.15, -0.1) is 11.3 Å². The molecule has 8 heteroatoms. The third-order valence-electron chi connectivity index (χ3n) is 0.909. The number of sulfonamides is 1. The van der Waals surface area contributed by atoms with Crippen LogP contribution in [0.1, 0.15) is 0 Å². The van der Waals surface area contributed by atoms with Crippen LogP contribution in [0.4, 0.5) is 4.79 Å². The molecule has 0 spiro atoms. The van der Waals surface area contributed by atoms with E-state index in [9.17, 15) is 13.2 Å². The molecule has 0 bridgehead atoms. The molecule has 0 saturated carbocycles. The minimum absolute atomic E-state index is 0.0405. The molecule has 1 aromatic heterocycles. The van der Waals surface area contributed by atoms with Crippen molar-refractivity contribution in [3.05, 3.63) is 11.7 Å². The van der Waals surface area contributed by atoms with Gasteiger partial charge in [0.1, 0.15) is 0 Å². The molecule has 0 aliphatic carbocycles. The second-order valence-electron chi connectivity index (χ2n) is 1.79. The summed E-state index contributed by atoms with van der Waals surface area (Å²) in [7, 11) is -3.78. The summed E-state index contributed by atoms with van der Waals surface area (Å²) in [5.74, 6) is 0. The summed E-state index contributed by atoms with van der Waals surface area (Å²) in [6.45, 7) is 0. The fourth-order valence-corrected chi connectivity index (χ4v) is 2.19. The van der Waals surface area contributed by atoms with Gasteiger partial charge in [-0.05, 0) is 0 Å². The van der Waals surface area contributed by atoms with Crippen LogP contribution >= 0.6 is 11.3 Å². The summed E-state index contributed by atoms with van der Waals surface area (Å²) < 4.78 is 23.7. The molecule has 0 saturated heterocycles. The van der Waals surface area contributed by atoms with Crippen LogP contribution in [-0.2, 0) is 10.0 Å². The number of carbonyl (C=O) groups excluding carboxylic acids is 1. The maximum atomic E-state index is 11.1. The van der Waals surface area contributed by atoms with E-state index in [0.717, 1.165) is 17.5 Å². The SMILES string of the molecule is NC(=O)NS(=O)(=O)c1cncs1. The predicted molar refractivity (Wildman–Crippen MR) is 42.0 cm³/mol. The number of primary amides is 1. The molecule has 6 nitrogen and oxygen atoms in total. The number of urea groups is 1. The number of thiazole rings is 1. The Balaban J connectivity index is 2.96. The number of nitrogens with one attached hydrogen (secondary N) is 1.